The van der Waals surface area contributed by atoms with Crippen molar-refractivity contribution in [2.24, 2.45) is 0 Å². The number of pyridine rings is 1. The third-order valence-corrected chi connectivity index (χ3v) is 8.33. The summed E-state index contributed by atoms with van der Waals surface area (Å²) in [5.74, 6) is 2.57. The first-order valence-corrected chi connectivity index (χ1v) is 14.1. The zero-order valence-electron chi connectivity index (χ0n) is 22.1. The van der Waals surface area contributed by atoms with Crippen LogP contribution in [0.15, 0.2) is 67.3 Å². The molecule has 1 saturated carbocycles. The summed E-state index contributed by atoms with van der Waals surface area (Å²) in [6.07, 6.45) is 11.6. The van der Waals surface area contributed by atoms with Gasteiger partial charge in [0, 0.05) is 35.6 Å². The lowest BCUT2D eigenvalue weighted by molar-refractivity contribution is 0.379. The topological polar surface area (TPSA) is 87.6 Å². The van der Waals surface area contributed by atoms with E-state index in [1.54, 1.807) is 37.8 Å². The maximum atomic E-state index is 6.55. The third-order valence-electron chi connectivity index (χ3n) is 7.59. The van der Waals surface area contributed by atoms with Crippen LogP contribution in [-0.2, 0) is 12.8 Å². The molecule has 3 aromatic heterocycles. The van der Waals surface area contributed by atoms with Crippen LogP contribution in [0.5, 0.6) is 17.2 Å². The average Bonchev–Trinajstić information content (AvgIpc) is 3.61. The van der Waals surface area contributed by atoms with Crippen molar-refractivity contribution in [3.8, 4) is 28.4 Å². The van der Waals surface area contributed by atoms with Gasteiger partial charge in [0.05, 0.1) is 17.2 Å². The van der Waals surface area contributed by atoms with Crippen molar-refractivity contribution >= 4 is 34.5 Å². The lowest BCUT2D eigenvalue weighted by Crippen LogP contribution is -2.06. The molecule has 5 aromatic rings. The molecule has 1 fully saturated rings. The van der Waals surface area contributed by atoms with Gasteiger partial charge in [-0.1, -0.05) is 48.2 Å². The fourth-order valence-corrected chi connectivity index (χ4v) is 6.04. The minimum absolute atomic E-state index is 0.415. The number of halogens is 2. The molecule has 0 atom stereocenters. The molecule has 204 valence electrons. The average molecular weight is 575 g/mol. The summed E-state index contributed by atoms with van der Waals surface area (Å²) in [4.78, 5) is 8.70. The number of aryl methyl sites for hydroxylation is 1. The molecular formula is C31H29Cl2N5O2. The van der Waals surface area contributed by atoms with E-state index >= 15 is 0 Å². The highest BCUT2D eigenvalue weighted by atomic mass is 35.5. The summed E-state index contributed by atoms with van der Waals surface area (Å²) in [5, 5.41) is 5.60. The predicted molar refractivity (Wildman–Crippen MR) is 159 cm³/mol. The number of anilines is 1. The number of ether oxygens (including phenoxy) is 2. The number of fused-ring (bicyclic) bond motifs is 1. The number of hydrogen-bond acceptors (Lipinski definition) is 6. The SMILES string of the molecule is COc1cc(-c2c(CCc3cccnc3)c(C3CCCC3)n3ncnc(N)c23)ccc1Oc1ccc(Cl)c(Cl)c1. The molecular weight excluding hydrogens is 545 g/mol. The molecule has 2 N–H and O–H groups in total. The van der Waals surface area contributed by atoms with Crippen molar-refractivity contribution in [3.05, 3.63) is 94.1 Å². The Morgan fingerprint density at radius 3 is 2.60 bits per heavy atom. The van der Waals surface area contributed by atoms with Gasteiger partial charge in [0.25, 0.3) is 0 Å². The highest BCUT2D eigenvalue weighted by Crippen LogP contribution is 2.45. The van der Waals surface area contributed by atoms with Crippen LogP contribution in [0.2, 0.25) is 10.0 Å². The predicted octanol–water partition coefficient (Wildman–Crippen LogP) is 7.92. The lowest BCUT2D eigenvalue weighted by atomic mass is 9.91. The Balaban J connectivity index is 1.49. The Hall–Kier alpha value is -3.81. The molecule has 0 amide bonds. The fraction of sp³-hybridized carbons (Fsp3) is 0.258. The molecule has 2 aromatic carbocycles. The molecule has 1 aliphatic rings. The van der Waals surface area contributed by atoms with Gasteiger partial charge < -0.3 is 15.2 Å². The van der Waals surface area contributed by atoms with Gasteiger partial charge in [-0.25, -0.2) is 9.50 Å². The van der Waals surface area contributed by atoms with Crippen LogP contribution in [0.4, 0.5) is 5.82 Å². The van der Waals surface area contributed by atoms with Crippen LogP contribution < -0.4 is 15.2 Å². The van der Waals surface area contributed by atoms with Crippen LogP contribution in [0.25, 0.3) is 16.6 Å². The van der Waals surface area contributed by atoms with Crippen LogP contribution in [0.3, 0.4) is 0 Å². The minimum Gasteiger partial charge on any atom is -0.493 e. The van der Waals surface area contributed by atoms with E-state index in [4.69, 9.17) is 43.5 Å². The number of hydrogen-bond donors (Lipinski definition) is 1. The van der Waals surface area contributed by atoms with E-state index < -0.39 is 0 Å². The van der Waals surface area contributed by atoms with Crippen molar-refractivity contribution in [2.75, 3.05) is 12.8 Å². The van der Waals surface area contributed by atoms with E-state index in [1.807, 2.05) is 35.0 Å². The molecule has 6 rings (SSSR count). The van der Waals surface area contributed by atoms with E-state index in [1.165, 1.54) is 29.7 Å². The number of methoxy groups -OCH3 is 1. The lowest BCUT2D eigenvalue weighted by Gasteiger charge is -2.15. The molecule has 0 saturated heterocycles. The van der Waals surface area contributed by atoms with Crippen LogP contribution in [0, 0.1) is 0 Å². The maximum Gasteiger partial charge on any atom is 0.169 e. The van der Waals surface area contributed by atoms with Crippen molar-refractivity contribution < 1.29 is 9.47 Å². The summed E-state index contributed by atoms with van der Waals surface area (Å²) in [5.41, 5.74) is 13.0. The van der Waals surface area contributed by atoms with Gasteiger partial charge in [-0.2, -0.15) is 5.10 Å². The zero-order valence-corrected chi connectivity index (χ0v) is 23.6. The Bertz CT molecular complexity index is 1670. The molecule has 0 spiro atoms. The van der Waals surface area contributed by atoms with Crippen molar-refractivity contribution in [1.82, 2.24) is 19.6 Å². The molecule has 0 radical (unpaired) electrons. The first kappa shape index (κ1) is 26.4. The number of nitrogens with zero attached hydrogens (tertiary/aromatic N) is 4. The Morgan fingerprint density at radius 1 is 1.00 bits per heavy atom. The molecule has 1 aliphatic carbocycles. The van der Waals surface area contributed by atoms with E-state index in [0.717, 1.165) is 42.3 Å². The summed E-state index contributed by atoms with van der Waals surface area (Å²) >= 11 is 12.3. The quantitative estimate of drug-likeness (QED) is 0.203. The Labute approximate surface area is 242 Å². The second-order valence-corrected chi connectivity index (χ2v) is 10.8. The van der Waals surface area contributed by atoms with Crippen LogP contribution in [-0.4, -0.2) is 26.7 Å². The molecule has 0 aliphatic heterocycles. The van der Waals surface area contributed by atoms with E-state index in [2.05, 4.69) is 16.0 Å². The van der Waals surface area contributed by atoms with Crippen molar-refractivity contribution in [1.29, 1.82) is 0 Å². The Kier molecular flexibility index (Phi) is 7.50. The number of nitrogens with two attached hydrogens (primary N) is 1. The molecule has 0 unspecified atom stereocenters. The van der Waals surface area contributed by atoms with Gasteiger partial charge in [0.1, 0.15) is 17.6 Å². The third kappa shape index (κ3) is 5.07. The first-order chi connectivity index (χ1) is 19.5. The largest absolute Gasteiger partial charge is 0.493 e. The molecule has 0 bridgehead atoms. The molecule has 40 heavy (non-hydrogen) atoms. The standard InChI is InChI=1S/C31H29Cl2N5O2/c1-39-27-15-21(9-13-26(27)40-22-10-12-24(32)25(33)16-22)28-23(11-8-19-5-4-14-35-17-19)29(20-6-2-3-7-20)38-30(28)31(34)36-18-37-38/h4-5,9-10,12-18,20H,2-3,6-8,11H2,1H3,(H2,34,36,37). The number of rotatable bonds is 8. The van der Waals surface area contributed by atoms with Gasteiger partial charge in [0.2, 0.25) is 0 Å². The van der Waals surface area contributed by atoms with Gasteiger partial charge in [0.15, 0.2) is 17.3 Å². The number of nitrogen functional groups attached to an aromatic ring is 1. The summed E-state index contributed by atoms with van der Waals surface area (Å²) in [6.45, 7) is 0. The van der Waals surface area contributed by atoms with Crippen molar-refractivity contribution in [3.63, 3.8) is 0 Å². The van der Waals surface area contributed by atoms with E-state index in [-0.39, 0.29) is 0 Å². The summed E-state index contributed by atoms with van der Waals surface area (Å²) in [7, 11) is 1.63. The summed E-state index contributed by atoms with van der Waals surface area (Å²) in [6, 6.07) is 15.2. The van der Waals surface area contributed by atoms with Gasteiger partial charge >= 0.3 is 0 Å². The van der Waals surface area contributed by atoms with Crippen molar-refractivity contribution in [2.45, 2.75) is 44.4 Å². The minimum atomic E-state index is 0.415. The Morgan fingerprint density at radius 2 is 1.85 bits per heavy atom. The molecule has 9 heteroatoms. The van der Waals surface area contributed by atoms with Gasteiger partial charge in [-0.15, -0.1) is 0 Å². The molecule has 7 nitrogen and oxygen atoms in total. The second kappa shape index (κ2) is 11.4. The maximum absolute atomic E-state index is 6.55. The van der Waals surface area contributed by atoms with Gasteiger partial charge in [-0.3, -0.25) is 4.98 Å². The molecule has 3 heterocycles. The fourth-order valence-electron chi connectivity index (χ4n) is 5.76. The highest BCUT2D eigenvalue weighted by Gasteiger charge is 2.30. The van der Waals surface area contributed by atoms with Gasteiger partial charge in [-0.05, 0) is 72.7 Å². The number of benzene rings is 2. The monoisotopic (exact) mass is 573 g/mol. The smallest absolute Gasteiger partial charge is 0.169 e. The first-order valence-electron chi connectivity index (χ1n) is 13.4. The summed E-state index contributed by atoms with van der Waals surface area (Å²) < 4.78 is 13.9. The van der Waals surface area contributed by atoms with E-state index in [9.17, 15) is 0 Å². The van der Waals surface area contributed by atoms with Crippen LogP contribution in [0.1, 0.15) is 48.4 Å². The van der Waals surface area contributed by atoms with E-state index in [0.29, 0.717) is 39.0 Å². The number of aromatic nitrogens is 4. The normalized spacial score (nSPS) is 13.7. The second-order valence-electron chi connectivity index (χ2n) is 10.0. The zero-order chi connectivity index (χ0) is 27.6. The highest BCUT2D eigenvalue weighted by molar-refractivity contribution is 6.42. The van der Waals surface area contributed by atoms with Crippen LogP contribution >= 0.6 is 23.2 Å².